The van der Waals surface area contributed by atoms with Crippen LogP contribution in [0.5, 0.6) is 5.75 Å². The van der Waals surface area contributed by atoms with E-state index in [4.69, 9.17) is 14.0 Å². The molecule has 0 unspecified atom stereocenters. The lowest BCUT2D eigenvalue weighted by atomic mass is 10.1. The Morgan fingerprint density at radius 2 is 2.04 bits per heavy atom. The molecule has 1 N–H and O–H groups in total. The Morgan fingerprint density at radius 1 is 1.20 bits per heavy atom. The van der Waals surface area contributed by atoms with Crippen LogP contribution in [0.2, 0.25) is 0 Å². The van der Waals surface area contributed by atoms with Gasteiger partial charge < -0.3 is 19.3 Å². The Morgan fingerprint density at radius 3 is 2.80 bits per heavy atom. The highest BCUT2D eigenvalue weighted by Crippen LogP contribution is 2.28. The molecule has 3 aromatic rings. The molecule has 0 spiro atoms. The molecular formula is C19H23N3O3. The van der Waals surface area contributed by atoms with Crippen molar-refractivity contribution < 1.29 is 14.0 Å². The van der Waals surface area contributed by atoms with E-state index in [1.54, 1.807) is 13.3 Å². The Kier molecular flexibility index (Phi) is 4.90. The Bertz CT molecular complexity index is 852. The van der Waals surface area contributed by atoms with E-state index in [0.717, 1.165) is 28.0 Å². The minimum Gasteiger partial charge on any atom is -0.494 e. The summed E-state index contributed by atoms with van der Waals surface area (Å²) in [5.41, 5.74) is 2.41. The summed E-state index contributed by atoms with van der Waals surface area (Å²) < 4.78 is 16.4. The van der Waals surface area contributed by atoms with Crippen LogP contribution >= 0.6 is 0 Å². The van der Waals surface area contributed by atoms with Gasteiger partial charge in [0, 0.05) is 23.3 Å². The normalized spacial score (nSPS) is 11.7. The summed E-state index contributed by atoms with van der Waals surface area (Å²) >= 11 is 0. The van der Waals surface area contributed by atoms with E-state index in [9.17, 15) is 0 Å². The molecule has 0 bridgehead atoms. The monoisotopic (exact) mass is 341 g/mol. The van der Waals surface area contributed by atoms with Gasteiger partial charge in [0.1, 0.15) is 23.6 Å². The number of fused-ring (bicyclic) bond motifs is 1. The standard InChI is InChI=1S/C19H23N3O3/c1-19(2,3)24-12-14-10-13(22-25-14)11-21-16-8-9-20-18-15(16)6-5-7-17(18)23-4/h5-10H,11-12H2,1-4H3,(H,20,21). The van der Waals surface area contributed by atoms with Gasteiger partial charge in [-0.05, 0) is 32.9 Å². The maximum atomic E-state index is 5.70. The van der Waals surface area contributed by atoms with Crippen molar-refractivity contribution in [1.82, 2.24) is 10.1 Å². The number of nitrogens with one attached hydrogen (secondary N) is 1. The maximum Gasteiger partial charge on any atom is 0.162 e. The topological polar surface area (TPSA) is 69.4 Å². The summed E-state index contributed by atoms with van der Waals surface area (Å²) in [6.45, 7) is 6.99. The number of nitrogens with zero attached hydrogens (tertiary/aromatic N) is 2. The van der Waals surface area contributed by atoms with Crippen molar-refractivity contribution in [3.05, 3.63) is 48.0 Å². The molecule has 0 fully saturated rings. The number of rotatable bonds is 6. The van der Waals surface area contributed by atoms with Gasteiger partial charge in [0.05, 0.1) is 19.3 Å². The first-order valence-corrected chi connectivity index (χ1v) is 8.20. The molecule has 25 heavy (non-hydrogen) atoms. The van der Waals surface area contributed by atoms with E-state index >= 15 is 0 Å². The Hall–Kier alpha value is -2.60. The van der Waals surface area contributed by atoms with Crippen molar-refractivity contribution >= 4 is 16.6 Å². The van der Waals surface area contributed by atoms with Crippen LogP contribution in [0.15, 0.2) is 41.1 Å². The smallest absolute Gasteiger partial charge is 0.162 e. The van der Waals surface area contributed by atoms with Crippen LogP contribution in [-0.2, 0) is 17.9 Å². The molecule has 6 heteroatoms. The second-order valence-electron chi connectivity index (χ2n) is 6.75. The van der Waals surface area contributed by atoms with E-state index in [2.05, 4.69) is 15.5 Å². The average molecular weight is 341 g/mol. The van der Waals surface area contributed by atoms with E-state index in [1.807, 2.05) is 51.1 Å². The van der Waals surface area contributed by atoms with Crippen LogP contribution in [0.4, 0.5) is 5.69 Å². The minimum absolute atomic E-state index is 0.208. The zero-order valence-electron chi connectivity index (χ0n) is 15.0. The van der Waals surface area contributed by atoms with Gasteiger partial charge in [0.15, 0.2) is 5.76 Å². The number of benzene rings is 1. The number of hydrogen-bond acceptors (Lipinski definition) is 6. The first-order valence-electron chi connectivity index (χ1n) is 8.20. The minimum atomic E-state index is -0.208. The molecule has 1 aromatic carbocycles. The number of hydrogen-bond donors (Lipinski definition) is 1. The molecular weight excluding hydrogens is 318 g/mol. The van der Waals surface area contributed by atoms with Crippen molar-refractivity contribution in [2.75, 3.05) is 12.4 Å². The van der Waals surface area contributed by atoms with Crippen molar-refractivity contribution in [2.24, 2.45) is 0 Å². The van der Waals surface area contributed by atoms with Crippen LogP contribution in [0.1, 0.15) is 32.2 Å². The van der Waals surface area contributed by atoms with Gasteiger partial charge in [-0.1, -0.05) is 17.3 Å². The van der Waals surface area contributed by atoms with Crippen LogP contribution in [0.25, 0.3) is 10.9 Å². The van der Waals surface area contributed by atoms with Crippen LogP contribution in [0, 0.1) is 0 Å². The zero-order valence-corrected chi connectivity index (χ0v) is 15.0. The molecule has 0 amide bonds. The number of anilines is 1. The van der Waals surface area contributed by atoms with Gasteiger partial charge in [0.25, 0.3) is 0 Å². The number of pyridine rings is 1. The molecule has 2 aromatic heterocycles. The molecule has 0 radical (unpaired) electrons. The molecule has 0 aliphatic heterocycles. The second kappa shape index (κ2) is 7.11. The van der Waals surface area contributed by atoms with Crippen LogP contribution < -0.4 is 10.1 Å². The van der Waals surface area contributed by atoms with E-state index in [1.165, 1.54) is 0 Å². The molecule has 6 nitrogen and oxygen atoms in total. The fourth-order valence-electron chi connectivity index (χ4n) is 2.45. The lowest BCUT2D eigenvalue weighted by molar-refractivity contribution is -0.0241. The second-order valence-corrected chi connectivity index (χ2v) is 6.75. The summed E-state index contributed by atoms with van der Waals surface area (Å²) in [6, 6.07) is 9.71. The first-order chi connectivity index (χ1) is 12.0. The lowest BCUT2D eigenvalue weighted by Crippen LogP contribution is -2.18. The van der Waals surface area contributed by atoms with E-state index in [-0.39, 0.29) is 5.60 Å². The predicted octanol–water partition coefficient (Wildman–Crippen LogP) is 4.16. The Balaban J connectivity index is 1.70. The highest BCUT2D eigenvalue weighted by molar-refractivity contribution is 5.94. The average Bonchev–Trinajstić information content (AvgIpc) is 3.05. The third-order valence-corrected chi connectivity index (χ3v) is 3.67. The number of methoxy groups -OCH3 is 1. The summed E-state index contributed by atoms with van der Waals surface area (Å²) in [4.78, 5) is 4.40. The van der Waals surface area contributed by atoms with E-state index < -0.39 is 0 Å². The van der Waals surface area contributed by atoms with Gasteiger partial charge in [-0.3, -0.25) is 4.98 Å². The quantitative estimate of drug-likeness (QED) is 0.726. The molecule has 0 atom stereocenters. The fourth-order valence-corrected chi connectivity index (χ4v) is 2.45. The third kappa shape index (κ3) is 4.28. The molecule has 0 aliphatic rings. The highest BCUT2D eigenvalue weighted by atomic mass is 16.5. The van der Waals surface area contributed by atoms with Crippen molar-refractivity contribution in [2.45, 2.75) is 39.5 Å². The summed E-state index contributed by atoms with van der Waals surface area (Å²) in [6.07, 6.45) is 1.76. The molecule has 0 saturated carbocycles. The van der Waals surface area contributed by atoms with Crippen molar-refractivity contribution in [3.8, 4) is 5.75 Å². The lowest BCUT2D eigenvalue weighted by Gasteiger charge is -2.17. The summed E-state index contributed by atoms with van der Waals surface area (Å²) in [5, 5.41) is 8.47. The number of aromatic nitrogens is 2. The first kappa shape index (κ1) is 17.2. The largest absolute Gasteiger partial charge is 0.494 e. The zero-order chi connectivity index (χ0) is 17.9. The molecule has 0 aliphatic carbocycles. The maximum absolute atomic E-state index is 5.70. The van der Waals surface area contributed by atoms with E-state index in [0.29, 0.717) is 18.9 Å². The molecule has 3 rings (SSSR count). The Labute approximate surface area is 147 Å². The third-order valence-electron chi connectivity index (χ3n) is 3.67. The molecule has 132 valence electrons. The highest BCUT2D eigenvalue weighted by Gasteiger charge is 2.13. The predicted molar refractivity (Wildman–Crippen MR) is 96.7 cm³/mol. The van der Waals surface area contributed by atoms with Gasteiger partial charge in [0.2, 0.25) is 0 Å². The van der Waals surface area contributed by atoms with Crippen LogP contribution in [0.3, 0.4) is 0 Å². The SMILES string of the molecule is COc1cccc2c(NCc3cc(COC(C)(C)C)on3)ccnc12. The number of para-hydroxylation sites is 1. The summed E-state index contributed by atoms with van der Waals surface area (Å²) in [7, 11) is 1.65. The van der Waals surface area contributed by atoms with Gasteiger partial charge in [-0.25, -0.2) is 0 Å². The van der Waals surface area contributed by atoms with Gasteiger partial charge >= 0.3 is 0 Å². The van der Waals surface area contributed by atoms with Crippen molar-refractivity contribution in [1.29, 1.82) is 0 Å². The van der Waals surface area contributed by atoms with Crippen LogP contribution in [-0.4, -0.2) is 22.9 Å². The molecule has 2 heterocycles. The summed E-state index contributed by atoms with van der Waals surface area (Å²) in [5.74, 6) is 1.47. The van der Waals surface area contributed by atoms with Crippen molar-refractivity contribution in [3.63, 3.8) is 0 Å². The van der Waals surface area contributed by atoms with Gasteiger partial charge in [-0.15, -0.1) is 0 Å². The number of ether oxygens (including phenoxy) is 2. The fraction of sp³-hybridized carbons (Fsp3) is 0.368. The van der Waals surface area contributed by atoms with Gasteiger partial charge in [-0.2, -0.15) is 0 Å². The molecule has 0 saturated heterocycles.